The number of benzene rings is 1. The molecular weight excluding hydrogens is 276 g/mol. The number of aryl methyl sites for hydroxylation is 2. The Bertz CT molecular complexity index is 727. The summed E-state index contributed by atoms with van der Waals surface area (Å²) < 4.78 is 5.47. The highest BCUT2D eigenvalue weighted by molar-refractivity contribution is 5.88. The van der Waals surface area contributed by atoms with Crippen molar-refractivity contribution in [2.24, 2.45) is 0 Å². The minimum atomic E-state index is -1.05. The highest BCUT2D eigenvalue weighted by Gasteiger charge is 2.18. The van der Waals surface area contributed by atoms with E-state index in [0.29, 0.717) is 17.0 Å². The van der Waals surface area contributed by atoms with E-state index in [1.54, 1.807) is 13.8 Å². The van der Waals surface area contributed by atoms with Gasteiger partial charge in [-0.1, -0.05) is 0 Å². The van der Waals surface area contributed by atoms with Crippen LogP contribution < -0.4 is 4.74 Å². The third kappa shape index (κ3) is 3.14. The fraction of sp³-hybridized carbons (Fsp3) is 0.143. The number of pyridine rings is 1. The van der Waals surface area contributed by atoms with Crippen molar-refractivity contribution < 1.29 is 19.6 Å². The predicted octanol–water partition coefficient (Wildman–Crippen LogP) is 3.10. The second kappa shape index (κ2) is 5.58. The molecule has 0 aliphatic carbocycles. The van der Waals surface area contributed by atoms with Crippen LogP contribution in [0.2, 0.25) is 0 Å². The topological polar surface area (TPSA) is 103 Å². The first-order chi connectivity index (χ1) is 9.88. The smallest absolute Gasteiger partial charge is 0.335 e. The molecule has 2 aromatic rings. The Morgan fingerprint density at radius 1 is 1.29 bits per heavy atom. The number of aromatic carboxylic acids is 1. The summed E-state index contributed by atoms with van der Waals surface area (Å²) in [6.45, 7) is 3.35. The molecule has 0 radical (unpaired) electrons. The van der Waals surface area contributed by atoms with Gasteiger partial charge in [0, 0.05) is 11.8 Å². The first-order valence-electron chi connectivity index (χ1n) is 6.02. The Kier molecular flexibility index (Phi) is 3.84. The first kappa shape index (κ1) is 14.4. The van der Waals surface area contributed by atoms with E-state index >= 15 is 0 Å². The summed E-state index contributed by atoms with van der Waals surface area (Å²) in [5, 5.41) is 19.9. The van der Waals surface area contributed by atoms with E-state index in [1.807, 2.05) is 0 Å². The molecule has 0 aliphatic rings. The maximum atomic E-state index is 11.0. The lowest BCUT2D eigenvalue weighted by atomic mass is 10.1. The standard InChI is InChI=1S/C14H12N2O5/c1-8-7-10(14(17)18)4-6-12(8)21-13-11(16(19)20)5-3-9(2)15-13/h3-7H,1-2H3,(H,17,18). The summed E-state index contributed by atoms with van der Waals surface area (Å²) in [6.07, 6.45) is 0. The van der Waals surface area contributed by atoms with Crippen LogP contribution >= 0.6 is 0 Å². The number of nitrogens with zero attached hydrogens (tertiary/aromatic N) is 2. The highest BCUT2D eigenvalue weighted by Crippen LogP contribution is 2.31. The van der Waals surface area contributed by atoms with Crippen LogP contribution in [-0.4, -0.2) is 21.0 Å². The van der Waals surface area contributed by atoms with Gasteiger partial charge in [-0.25, -0.2) is 9.78 Å². The minimum Gasteiger partial charge on any atom is -0.478 e. The normalized spacial score (nSPS) is 10.2. The molecule has 7 heteroatoms. The zero-order chi connectivity index (χ0) is 15.6. The predicted molar refractivity (Wildman–Crippen MR) is 73.8 cm³/mol. The van der Waals surface area contributed by atoms with Gasteiger partial charge in [-0.05, 0) is 43.7 Å². The summed E-state index contributed by atoms with van der Waals surface area (Å²) in [7, 11) is 0. The molecule has 1 aromatic carbocycles. The number of ether oxygens (including phenoxy) is 1. The van der Waals surface area contributed by atoms with Crippen molar-refractivity contribution in [2.75, 3.05) is 0 Å². The zero-order valence-corrected chi connectivity index (χ0v) is 11.4. The van der Waals surface area contributed by atoms with E-state index in [9.17, 15) is 14.9 Å². The third-order valence-electron chi connectivity index (χ3n) is 2.80. The molecule has 108 valence electrons. The number of nitro groups is 1. The van der Waals surface area contributed by atoms with E-state index in [1.165, 1.54) is 30.3 Å². The summed E-state index contributed by atoms with van der Waals surface area (Å²) >= 11 is 0. The lowest BCUT2D eigenvalue weighted by molar-refractivity contribution is -0.386. The van der Waals surface area contributed by atoms with Gasteiger partial charge in [0.2, 0.25) is 0 Å². The quantitative estimate of drug-likeness (QED) is 0.685. The van der Waals surface area contributed by atoms with Gasteiger partial charge in [-0.15, -0.1) is 0 Å². The Balaban J connectivity index is 2.40. The van der Waals surface area contributed by atoms with Gasteiger partial charge in [0.15, 0.2) is 0 Å². The number of carboxylic acid groups (broad SMARTS) is 1. The summed E-state index contributed by atoms with van der Waals surface area (Å²) in [4.78, 5) is 25.3. The second-order valence-corrected chi connectivity index (χ2v) is 4.42. The van der Waals surface area contributed by atoms with Gasteiger partial charge in [0.25, 0.3) is 5.88 Å². The lowest BCUT2D eigenvalue weighted by Crippen LogP contribution is -2.00. The number of hydrogen-bond acceptors (Lipinski definition) is 5. The fourth-order valence-corrected chi connectivity index (χ4v) is 1.74. The molecule has 0 fully saturated rings. The Morgan fingerprint density at radius 3 is 2.57 bits per heavy atom. The van der Waals surface area contributed by atoms with E-state index in [-0.39, 0.29) is 17.1 Å². The molecule has 0 saturated heterocycles. The van der Waals surface area contributed by atoms with Crippen LogP contribution in [0.5, 0.6) is 11.6 Å². The van der Waals surface area contributed by atoms with Gasteiger partial charge in [0.05, 0.1) is 10.5 Å². The second-order valence-electron chi connectivity index (χ2n) is 4.42. The SMILES string of the molecule is Cc1ccc([N+](=O)[O-])c(Oc2ccc(C(=O)O)cc2C)n1. The zero-order valence-electron chi connectivity index (χ0n) is 11.4. The van der Waals surface area contributed by atoms with E-state index in [4.69, 9.17) is 9.84 Å². The van der Waals surface area contributed by atoms with Crippen molar-refractivity contribution in [3.8, 4) is 11.6 Å². The molecule has 2 rings (SSSR count). The number of carbonyl (C=O) groups is 1. The fourth-order valence-electron chi connectivity index (χ4n) is 1.74. The largest absolute Gasteiger partial charge is 0.478 e. The molecule has 1 heterocycles. The van der Waals surface area contributed by atoms with Gasteiger partial charge >= 0.3 is 11.7 Å². The first-order valence-corrected chi connectivity index (χ1v) is 6.02. The van der Waals surface area contributed by atoms with Crippen molar-refractivity contribution in [1.29, 1.82) is 0 Å². The van der Waals surface area contributed by atoms with Crippen LogP contribution in [0.3, 0.4) is 0 Å². The molecule has 0 unspecified atom stereocenters. The molecule has 0 amide bonds. The van der Waals surface area contributed by atoms with Gasteiger partial charge in [0.1, 0.15) is 5.75 Å². The van der Waals surface area contributed by atoms with E-state index < -0.39 is 10.9 Å². The molecule has 7 nitrogen and oxygen atoms in total. The minimum absolute atomic E-state index is 0.117. The molecule has 0 aliphatic heterocycles. The average molecular weight is 288 g/mol. The summed E-state index contributed by atoms with van der Waals surface area (Å²) in [6, 6.07) is 7.09. The van der Waals surface area contributed by atoms with Crippen LogP contribution in [0.4, 0.5) is 5.69 Å². The Labute approximate surface area is 120 Å². The van der Waals surface area contributed by atoms with Crippen molar-refractivity contribution in [3.63, 3.8) is 0 Å². The van der Waals surface area contributed by atoms with Crippen molar-refractivity contribution >= 4 is 11.7 Å². The molecule has 0 saturated carbocycles. The van der Waals surface area contributed by atoms with Crippen LogP contribution in [0.25, 0.3) is 0 Å². The molecule has 1 aromatic heterocycles. The Morgan fingerprint density at radius 2 is 2.00 bits per heavy atom. The van der Waals surface area contributed by atoms with Crippen LogP contribution in [0.15, 0.2) is 30.3 Å². The molecular formula is C14H12N2O5. The molecule has 1 N–H and O–H groups in total. The van der Waals surface area contributed by atoms with Crippen molar-refractivity contribution in [1.82, 2.24) is 4.98 Å². The van der Waals surface area contributed by atoms with E-state index in [2.05, 4.69) is 4.98 Å². The summed E-state index contributed by atoms with van der Waals surface area (Å²) in [5.41, 5.74) is 0.997. The lowest BCUT2D eigenvalue weighted by Gasteiger charge is -2.09. The number of carboxylic acids is 1. The molecule has 0 spiro atoms. The highest BCUT2D eigenvalue weighted by atomic mass is 16.6. The number of aromatic nitrogens is 1. The van der Waals surface area contributed by atoms with Gasteiger partial charge in [-0.3, -0.25) is 10.1 Å². The maximum absolute atomic E-state index is 11.0. The Hall–Kier alpha value is -2.96. The molecule has 21 heavy (non-hydrogen) atoms. The van der Waals surface area contributed by atoms with Crippen LogP contribution in [-0.2, 0) is 0 Å². The number of hydrogen-bond donors (Lipinski definition) is 1. The molecule has 0 bridgehead atoms. The summed E-state index contributed by atoms with van der Waals surface area (Å²) in [5.74, 6) is -0.850. The van der Waals surface area contributed by atoms with Crippen molar-refractivity contribution in [3.05, 3.63) is 57.3 Å². The van der Waals surface area contributed by atoms with Crippen molar-refractivity contribution in [2.45, 2.75) is 13.8 Å². The number of rotatable bonds is 4. The van der Waals surface area contributed by atoms with Crippen LogP contribution in [0.1, 0.15) is 21.6 Å². The van der Waals surface area contributed by atoms with E-state index in [0.717, 1.165) is 0 Å². The third-order valence-corrected chi connectivity index (χ3v) is 2.80. The molecule has 0 atom stereocenters. The van der Waals surface area contributed by atoms with Crippen LogP contribution in [0, 0.1) is 24.0 Å². The maximum Gasteiger partial charge on any atom is 0.335 e. The van der Waals surface area contributed by atoms with Gasteiger partial charge < -0.3 is 9.84 Å². The average Bonchev–Trinajstić information content (AvgIpc) is 2.40. The van der Waals surface area contributed by atoms with Gasteiger partial charge in [-0.2, -0.15) is 0 Å². The monoisotopic (exact) mass is 288 g/mol.